The van der Waals surface area contributed by atoms with Gasteiger partial charge in [-0.2, -0.15) is 0 Å². The lowest BCUT2D eigenvalue weighted by Gasteiger charge is -2.27. The summed E-state index contributed by atoms with van der Waals surface area (Å²) in [4.78, 5) is 24.6. The summed E-state index contributed by atoms with van der Waals surface area (Å²) < 4.78 is 38.3. The van der Waals surface area contributed by atoms with Crippen molar-refractivity contribution in [1.29, 1.82) is 0 Å². The van der Waals surface area contributed by atoms with Gasteiger partial charge in [-0.05, 0) is 42.3 Å². The van der Waals surface area contributed by atoms with Crippen LogP contribution in [0, 0.1) is 5.82 Å². The number of benzene rings is 2. The fourth-order valence-corrected chi connectivity index (χ4v) is 4.73. The minimum atomic E-state index is -3.68. The molecule has 0 aliphatic carbocycles. The molecule has 0 aromatic heterocycles. The van der Waals surface area contributed by atoms with Crippen LogP contribution >= 0.6 is 0 Å². The predicted octanol–water partition coefficient (Wildman–Crippen LogP) is 2.70. The zero-order valence-corrected chi connectivity index (χ0v) is 17.4. The van der Waals surface area contributed by atoms with Gasteiger partial charge in [-0.1, -0.05) is 25.5 Å². The lowest BCUT2D eigenvalue weighted by Crippen LogP contribution is -2.43. The van der Waals surface area contributed by atoms with Crippen LogP contribution < -0.4 is 16.0 Å². The molecule has 3 N–H and O–H groups in total. The molecule has 7 nitrogen and oxygen atoms in total. The number of rotatable bonds is 8. The van der Waals surface area contributed by atoms with Crippen LogP contribution in [0.4, 0.5) is 15.8 Å². The van der Waals surface area contributed by atoms with Crippen molar-refractivity contribution in [1.82, 2.24) is 5.32 Å². The quantitative estimate of drug-likeness (QED) is 0.556. The molecule has 0 saturated carbocycles. The third kappa shape index (κ3) is 5.56. The van der Waals surface area contributed by atoms with E-state index in [9.17, 15) is 22.4 Å². The smallest absolute Gasteiger partial charge is 0.251 e. The minimum Gasteiger partial charge on any atom is -0.371 e. The lowest BCUT2D eigenvalue weighted by atomic mass is 10.1. The highest BCUT2D eigenvalue weighted by molar-refractivity contribution is 7.90. The molecule has 160 valence electrons. The van der Waals surface area contributed by atoms with Gasteiger partial charge in [0.1, 0.15) is 11.9 Å². The zero-order chi connectivity index (χ0) is 21.7. The Morgan fingerprint density at radius 3 is 2.70 bits per heavy atom. The van der Waals surface area contributed by atoms with E-state index in [2.05, 4.69) is 16.0 Å². The summed E-state index contributed by atoms with van der Waals surface area (Å²) in [5.74, 6) is -2.05. The molecule has 3 rings (SSSR count). The van der Waals surface area contributed by atoms with Crippen molar-refractivity contribution in [3.8, 4) is 0 Å². The fourth-order valence-electron chi connectivity index (χ4n) is 3.18. The van der Waals surface area contributed by atoms with E-state index in [0.717, 1.165) is 18.9 Å². The maximum atomic E-state index is 13.3. The number of anilines is 2. The molecule has 1 heterocycles. The Bertz CT molecular complexity index is 1060. The third-order valence-electron chi connectivity index (χ3n) is 4.70. The molecule has 9 heteroatoms. The Morgan fingerprint density at radius 1 is 1.17 bits per heavy atom. The number of hydrogen-bond acceptors (Lipinski definition) is 5. The second-order valence-electron chi connectivity index (χ2n) is 7.24. The largest absolute Gasteiger partial charge is 0.371 e. The molecule has 1 aliphatic rings. The molecule has 0 bridgehead atoms. The fraction of sp³-hybridized carbons (Fsp3) is 0.333. The van der Waals surface area contributed by atoms with Crippen molar-refractivity contribution >= 4 is 33.0 Å². The summed E-state index contributed by atoms with van der Waals surface area (Å²) in [7, 11) is -3.68. The highest BCUT2D eigenvalue weighted by Crippen LogP contribution is 2.28. The van der Waals surface area contributed by atoms with Crippen molar-refractivity contribution < 1.29 is 22.4 Å². The molecular formula is C21H24FN3O4S. The van der Waals surface area contributed by atoms with Gasteiger partial charge in [0.15, 0.2) is 9.84 Å². The highest BCUT2D eigenvalue weighted by atomic mass is 32.2. The molecule has 0 saturated heterocycles. The van der Waals surface area contributed by atoms with Crippen LogP contribution in [-0.4, -0.2) is 38.6 Å². The number of unbranched alkanes of at least 4 members (excludes halogenated alkanes) is 1. The molecule has 30 heavy (non-hydrogen) atoms. The highest BCUT2D eigenvalue weighted by Gasteiger charge is 2.30. The first kappa shape index (κ1) is 21.8. The topological polar surface area (TPSA) is 104 Å². The first-order valence-electron chi connectivity index (χ1n) is 9.72. The normalized spacial score (nSPS) is 15.7. The molecule has 0 spiro atoms. The SMILES string of the molecule is CCCCNC(=O)c1ccc2c(c1)NC(=O)C(CS(=O)(=O)Cc1cccc(F)c1)N2. The maximum Gasteiger partial charge on any atom is 0.251 e. The van der Waals surface area contributed by atoms with E-state index in [1.807, 2.05) is 6.92 Å². The summed E-state index contributed by atoms with van der Waals surface area (Å²) >= 11 is 0. The van der Waals surface area contributed by atoms with E-state index < -0.39 is 33.4 Å². The number of sulfone groups is 1. The Labute approximate surface area is 175 Å². The maximum absolute atomic E-state index is 13.3. The van der Waals surface area contributed by atoms with Crippen LogP contribution in [0.5, 0.6) is 0 Å². The number of carbonyl (C=O) groups is 2. The van der Waals surface area contributed by atoms with Crippen molar-refractivity contribution in [3.05, 3.63) is 59.4 Å². The monoisotopic (exact) mass is 433 g/mol. The standard InChI is InChI=1S/C21H24FN3O4S/c1-2-3-9-23-20(26)15-7-8-17-18(11-15)25-21(27)19(24-17)13-30(28,29)12-14-5-4-6-16(22)10-14/h4-8,10-11,19,24H,2-3,9,12-13H2,1H3,(H,23,26)(H,25,27). The summed E-state index contributed by atoms with van der Waals surface area (Å²) in [6, 6.07) is 9.18. The van der Waals surface area contributed by atoms with Gasteiger partial charge < -0.3 is 16.0 Å². The molecule has 0 fully saturated rings. The molecule has 2 aromatic carbocycles. The van der Waals surface area contributed by atoms with Gasteiger partial charge in [0.2, 0.25) is 5.91 Å². The van der Waals surface area contributed by atoms with Gasteiger partial charge in [0.05, 0.1) is 22.9 Å². The van der Waals surface area contributed by atoms with Crippen molar-refractivity contribution in [3.63, 3.8) is 0 Å². The van der Waals surface area contributed by atoms with Gasteiger partial charge in [-0.25, -0.2) is 12.8 Å². The molecule has 0 radical (unpaired) electrons. The van der Waals surface area contributed by atoms with Gasteiger partial charge >= 0.3 is 0 Å². The zero-order valence-electron chi connectivity index (χ0n) is 16.6. The van der Waals surface area contributed by atoms with Crippen LogP contribution in [0.3, 0.4) is 0 Å². The van der Waals surface area contributed by atoms with Crippen LogP contribution in [0.1, 0.15) is 35.7 Å². The van der Waals surface area contributed by atoms with Crippen molar-refractivity contribution in [2.24, 2.45) is 0 Å². The number of halogens is 1. The van der Waals surface area contributed by atoms with Crippen LogP contribution in [-0.2, 0) is 20.4 Å². The van der Waals surface area contributed by atoms with Crippen LogP contribution in [0.15, 0.2) is 42.5 Å². The predicted molar refractivity (Wildman–Crippen MR) is 114 cm³/mol. The Balaban J connectivity index is 1.68. The summed E-state index contributed by atoms with van der Waals surface area (Å²) in [5, 5.41) is 8.39. The summed E-state index contributed by atoms with van der Waals surface area (Å²) in [5.41, 5.74) is 1.68. The van der Waals surface area contributed by atoms with Gasteiger partial charge in [-0.15, -0.1) is 0 Å². The van der Waals surface area contributed by atoms with E-state index in [1.165, 1.54) is 18.2 Å². The number of amides is 2. The van der Waals surface area contributed by atoms with E-state index in [-0.39, 0.29) is 11.7 Å². The Kier molecular flexibility index (Phi) is 6.71. The molecule has 1 unspecified atom stereocenters. The molecule has 2 amide bonds. The summed E-state index contributed by atoms with van der Waals surface area (Å²) in [6.07, 6.45) is 1.84. The molecule has 1 atom stereocenters. The van der Waals surface area contributed by atoms with Crippen LogP contribution in [0.2, 0.25) is 0 Å². The lowest BCUT2D eigenvalue weighted by molar-refractivity contribution is -0.116. The van der Waals surface area contributed by atoms with E-state index in [1.54, 1.807) is 18.2 Å². The number of nitrogens with one attached hydrogen (secondary N) is 3. The van der Waals surface area contributed by atoms with E-state index in [4.69, 9.17) is 0 Å². The van der Waals surface area contributed by atoms with E-state index in [0.29, 0.717) is 29.0 Å². The molecule has 2 aromatic rings. The van der Waals surface area contributed by atoms with E-state index >= 15 is 0 Å². The summed E-state index contributed by atoms with van der Waals surface area (Å²) in [6.45, 7) is 2.60. The number of carbonyl (C=O) groups excluding carboxylic acids is 2. The average Bonchev–Trinajstić information content (AvgIpc) is 2.67. The third-order valence-corrected chi connectivity index (χ3v) is 6.31. The van der Waals surface area contributed by atoms with Crippen molar-refractivity contribution in [2.45, 2.75) is 31.6 Å². The Hall–Kier alpha value is -2.94. The number of fused-ring (bicyclic) bond motifs is 1. The first-order valence-corrected chi connectivity index (χ1v) is 11.5. The number of hydrogen-bond donors (Lipinski definition) is 3. The minimum absolute atomic E-state index is 0.236. The second-order valence-corrected chi connectivity index (χ2v) is 9.35. The molecule has 1 aliphatic heterocycles. The van der Waals surface area contributed by atoms with Gasteiger partial charge in [0.25, 0.3) is 5.91 Å². The Morgan fingerprint density at radius 2 is 1.97 bits per heavy atom. The molecular weight excluding hydrogens is 409 g/mol. The van der Waals surface area contributed by atoms with Gasteiger partial charge in [0, 0.05) is 12.1 Å². The first-order chi connectivity index (χ1) is 14.3. The van der Waals surface area contributed by atoms with Crippen LogP contribution in [0.25, 0.3) is 0 Å². The van der Waals surface area contributed by atoms with Crippen molar-refractivity contribution in [2.75, 3.05) is 22.9 Å². The second kappa shape index (κ2) is 9.25. The van der Waals surface area contributed by atoms with Gasteiger partial charge in [-0.3, -0.25) is 9.59 Å². The average molecular weight is 434 g/mol.